The Hall–Kier alpha value is -0.730. The Morgan fingerprint density at radius 3 is 2.69 bits per heavy atom. The summed E-state index contributed by atoms with van der Waals surface area (Å²) >= 11 is 5.95. The maximum atomic E-state index is 5.95. The summed E-state index contributed by atoms with van der Waals surface area (Å²) in [6, 6.07) is 6.09. The second kappa shape index (κ2) is 6.12. The molecule has 3 heteroatoms. The fraction of sp³-hybridized carbons (Fsp3) is 0.538. The van der Waals surface area contributed by atoms with Crippen molar-refractivity contribution in [3.63, 3.8) is 0 Å². The highest BCUT2D eigenvalue weighted by atomic mass is 35.5. The molecule has 0 radical (unpaired) electrons. The molecule has 0 bridgehead atoms. The summed E-state index contributed by atoms with van der Waals surface area (Å²) < 4.78 is 5.92. The Balaban J connectivity index is 2.75. The van der Waals surface area contributed by atoms with Crippen LogP contribution in [0.2, 0.25) is 5.02 Å². The standard InChI is InChI=1S/C13H20ClNO/c1-5-12(15-4)10(3)16-13-8-11(14)7-6-9(13)2/h6-8,10,12,15H,5H2,1-4H3. The highest BCUT2D eigenvalue weighted by Gasteiger charge is 2.15. The second-order valence-electron chi connectivity index (χ2n) is 4.04. The number of hydrogen-bond donors (Lipinski definition) is 1. The zero-order chi connectivity index (χ0) is 12.1. The van der Waals surface area contributed by atoms with Crippen LogP contribution in [0.15, 0.2) is 18.2 Å². The zero-order valence-electron chi connectivity index (χ0n) is 10.4. The van der Waals surface area contributed by atoms with Gasteiger partial charge in [-0.2, -0.15) is 0 Å². The molecular weight excluding hydrogens is 222 g/mol. The Kier molecular flexibility index (Phi) is 5.10. The summed E-state index contributed by atoms with van der Waals surface area (Å²) in [5.74, 6) is 0.869. The fourth-order valence-corrected chi connectivity index (χ4v) is 1.92. The van der Waals surface area contributed by atoms with Crippen LogP contribution >= 0.6 is 11.6 Å². The van der Waals surface area contributed by atoms with E-state index < -0.39 is 0 Å². The minimum absolute atomic E-state index is 0.132. The molecule has 0 amide bonds. The third-order valence-corrected chi connectivity index (χ3v) is 3.08. The molecule has 0 fully saturated rings. The largest absolute Gasteiger partial charge is 0.489 e. The summed E-state index contributed by atoms with van der Waals surface area (Å²) in [5, 5.41) is 3.96. The van der Waals surface area contributed by atoms with Crippen LogP contribution in [0.1, 0.15) is 25.8 Å². The van der Waals surface area contributed by atoms with Gasteiger partial charge in [0.05, 0.1) is 0 Å². The molecule has 2 atom stereocenters. The molecular formula is C13H20ClNO. The van der Waals surface area contributed by atoms with Gasteiger partial charge in [-0.3, -0.25) is 0 Å². The first-order valence-electron chi connectivity index (χ1n) is 5.68. The Labute approximate surface area is 103 Å². The van der Waals surface area contributed by atoms with E-state index in [0.717, 1.165) is 17.7 Å². The summed E-state index contributed by atoms with van der Waals surface area (Å²) in [5.41, 5.74) is 1.11. The van der Waals surface area contributed by atoms with Crippen molar-refractivity contribution in [1.29, 1.82) is 0 Å². The van der Waals surface area contributed by atoms with Crippen LogP contribution in [0.5, 0.6) is 5.75 Å². The van der Waals surface area contributed by atoms with Crippen molar-refractivity contribution in [2.45, 2.75) is 39.3 Å². The summed E-state index contributed by atoms with van der Waals surface area (Å²) in [6.45, 7) is 6.25. The van der Waals surface area contributed by atoms with E-state index in [0.29, 0.717) is 11.1 Å². The van der Waals surface area contributed by atoms with E-state index in [-0.39, 0.29) is 6.10 Å². The predicted octanol–water partition coefficient (Wildman–Crippen LogP) is 3.41. The average molecular weight is 242 g/mol. The van der Waals surface area contributed by atoms with Gasteiger partial charge >= 0.3 is 0 Å². The molecule has 0 heterocycles. The number of rotatable bonds is 5. The molecule has 2 nitrogen and oxygen atoms in total. The van der Waals surface area contributed by atoms with Gasteiger partial charge in [0, 0.05) is 11.1 Å². The van der Waals surface area contributed by atoms with E-state index in [4.69, 9.17) is 16.3 Å². The third kappa shape index (κ3) is 3.39. The topological polar surface area (TPSA) is 21.3 Å². The molecule has 1 N–H and O–H groups in total. The molecule has 1 aromatic carbocycles. The van der Waals surface area contributed by atoms with Gasteiger partial charge in [0.1, 0.15) is 11.9 Å². The van der Waals surface area contributed by atoms with Gasteiger partial charge < -0.3 is 10.1 Å². The van der Waals surface area contributed by atoms with Crippen molar-refractivity contribution in [2.75, 3.05) is 7.05 Å². The SMILES string of the molecule is CCC(NC)C(C)Oc1cc(Cl)ccc1C. The number of halogens is 1. The zero-order valence-corrected chi connectivity index (χ0v) is 11.1. The van der Waals surface area contributed by atoms with Gasteiger partial charge in [-0.05, 0) is 45.0 Å². The van der Waals surface area contributed by atoms with Crippen molar-refractivity contribution >= 4 is 11.6 Å². The number of ether oxygens (including phenoxy) is 1. The second-order valence-corrected chi connectivity index (χ2v) is 4.47. The monoisotopic (exact) mass is 241 g/mol. The van der Waals surface area contributed by atoms with Crippen LogP contribution in [-0.2, 0) is 0 Å². The quantitative estimate of drug-likeness (QED) is 0.853. The van der Waals surface area contributed by atoms with Crippen molar-refractivity contribution in [2.24, 2.45) is 0 Å². The molecule has 1 aromatic rings. The Morgan fingerprint density at radius 2 is 2.12 bits per heavy atom. The number of hydrogen-bond acceptors (Lipinski definition) is 2. The van der Waals surface area contributed by atoms with Gasteiger partial charge in [0.2, 0.25) is 0 Å². The molecule has 0 saturated heterocycles. The van der Waals surface area contributed by atoms with E-state index in [2.05, 4.69) is 19.2 Å². The Morgan fingerprint density at radius 1 is 1.44 bits per heavy atom. The minimum atomic E-state index is 0.132. The first-order chi connectivity index (χ1) is 7.58. The maximum absolute atomic E-state index is 5.95. The van der Waals surface area contributed by atoms with E-state index in [1.165, 1.54) is 0 Å². The number of nitrogens with one attached hydrogen (secondary N) is 1. The van der Waals surface area contributed by atoms with Crippen LogP contribution < -0.4 is 10.1 Å². The fourth-order valence-electron chi connectivity index (χ4n) is 1.75. The number of benzene rings is 1. The first-order valence-corrected chi connectivity index (χ1v) is 6.06. The minimum Gasteiger partial charge on any atom is -0.489 e. The lowest BCUT2D eigenvalue weighted by Gasteiger charge is -2.24. The molecule has 0 aliphatic rings. The van der Waals surface area contributed by atoms with Gasteiger partial charge in [-0.25, -0.2) is 0 Å². The van der Waals surface area contributed by atoms with Crippen molar-refractivity contribution in [3.05, 3.63) is 28.8 Å². The van der Waals surface area contributed by atoms with Gasteiger partial charge in [0.15, 0.2) is 0 Å². The molecule has 0 saturated carbocycles. The summed E-state index contributed by atoms with van der Waals surface area (Å²) in [4.78, 5) is 0. The molecule has 16 heavy (non-hydrogen) atoms. The average Bonchev–Trinajstić information content (AvgIpc) is 2.25. The number of likely N-dealkylation sites (N-methyl/N-ethyl adjacent to an activating group) is 1. The van der Waals surface area contributed by atoms with Crippen molar-refractivity contribution in [3.8, 4) is 5.75 Å². The van der Waals surface area contributed by atoms with Crippen molar-refractivity contribution < 1.29 is 4.74 Å². The summed E-state index contributed by atoms with van der Waals surface area (Å²) in [6.07, 6.45) is 1.17. The molecule has 1 rings (SSSR count). The lowest BCUT2D eigenvalue weighted by molar-refractivity contribution is 0.171. The van der Waals surface area contributed by atoms with E-state index in [9.17, 15) is 0 Å². The smallest absolute Gasteiger partial charge is 0.124 e. The highest BCUT2D eigenvalue weighted by Crippen LogP contribution is 2.24. The van der Waals surface area contributed by atoms with Gasteiger partial charge in [-0.1, -0.05) is 24.6 Å². The first kappa shape index (κ1) is 13.3. The lowest BCUT2D eigenvalue weighted by Crippen LogP contribution is -2.38. The molecule has 2 unspecified atom stereocenters. The normalized spacial score (nSPS) is 14.6. The molecule has 0 aromatic heterocycles. The van der Waals surface area contributed by atoms with E-state index in [1.807, 2.05) is 32.2 Å². The molecule has 0 spiro atoms. The van der Waals surface area contributed by atoms with Gasteiger partial charge in [-0.15, -0.1) is 0 Å². The summed E-state index contributed by atoms with van der Waals surface area (Å²) in [7, 11) is 1.96. The number of aryl methyl sites for hydroxylation is 1. The third-order valence-electron chi connectivity index (χ3n) is 2.84. The Bertz CT molecular complexity index is 337. The molecule has 0 aliphatic heterocycles. The van der Waals surface area contributed by atoms with E-state index in [1.54, 1.807) is 0 Å². The van der Waals surface area contributed by atoms with Crippen molar-refractivity contribution in [1.82, 2.24) is 5.32 Å². The van der Waals surface area contributed by atoms with Crippen LogP contribution in [0.25, 0.3) is 0 Å². The van der Waals surface area contributed by atoms with Crippen LogP contribution in [0.4, 0.5) is 0 Å². The molecule has 90 valence electrons. The lowest BCUT2D eigenvalue weighted by atomic mass is 10.1. The van der Waals surface area contributed by atoms with E-state index >= 15 is 0 Å². The maximum Gasteiger partial charge on any atom is 0.124 e. The van der Waals surface area contributed by atoms with Gasteiger partial charge in [0.25, 0.3) is 0 Å². The predicted molar refractivity (Wildman–Crippen MR) is 69.4 cm³/mol. The molecule has 0 aliphatic carbocycles. The highest BCUT2D eigenvalue weighted by molar-refractivity contribution is 6.30. The van der Waals surface area contributed by atoms with Crippen LogP contribution in [-0.4, -0.2) is 19.2 Å². The van der Waals surface area contributed by atoms with Crippen LogP contribution in [0.3, 0.4) is 0 Å². The van der Waals surface area contributed by atoms with Crippen LogP contribution in [0, 0.1) is 6.92 Å².